The minimum Gasteiger partial charge on any atom is -0.481 e. The molecule has 0 amide bonds. The number of pyridine rings is 1. The zero-order chi connectivity index (χ0) is 14.5. The molecule has 0 radical (unpaired) electrons. The smallest absolute Gasteiger partial charge is 0.212 e. The second-order valence-corrected chi connectivity index (χ2v) is 7.01. The van der Waals surface area contributed by atoms with Gasteiger partial charge in [-0.25, -0.2) is 4.98 Å². The van der Waals surface area contributed by atoms with E-state index in [2.05, 4.69) is 27.7 Å². The highest BCUT2D eigenvalue weighted by atomic mass is 32.2. The van der Waals surface area contributed by atoms with Gasteiger partial charge in [0.25, 0.3) is 0 Å². The standard InChI is InChI=1S/C16H24N2O2S/c1-19-16-5-2-13(11-17-16)10-14-3-4-15(20-14)12-18-6-8-21-9-7-18/h2,5,11,14-15H,3-4,6-10,12H2,1H3/t14-,15+/m0/s1. The van der Waals surface area contributed by atoms with Crippen LogP contribution in [0.1, 0.15) is 18.4 Å². The molecule has 0 N–H and O–H groups in total. The van der Waals surface area contributed by atoms with E-state index in [4.69, 9.17) is 9.47 Å². The first-order valence-corrected chi connectivity index (χ1v) is 8.93. The molecule has 21 heavy (non-hydrogen) atoms. The zero-order valence-electron chi connectivity index (χ0n) is 12.7. The van der Waals surface area contributed by atoms with Crippen LogP contribution in [0.25, 0.3) is 0 Å². The average molecular weight is 308 g/mol. The minimum atomic E-state index is 0.351. The van der Waals surface area contributed by atoms with Gasteiger partial charge in [0.1, 0.15) is 0 Å². The Hall–Kier alpha value is -0.780. The maximum atomic E-state index is 6.22. The fourth-order valence-corrected chi connectivity index (χ4v) is 4.03. The van der Waals surface area contributed by atoms with Gasteiger partial charge in [0.05, 0.1) is 19.3 Å². The van der Waals surface area contributed by atoms with Crippen molar-refractivity contribution in [3.05, 3.63) is 23.9 Å². The third-order valence-corrected chi connectivity index (χ3v) is 5.17. The lowest BCUT2D eigenvalue weighted by molar-refractivity contribution is 0.0251. The van der Waals surface area contributed by atoms with E-state index < -0.39 is 0 Å². The van der Waals surface area contributed by atoms with Crippen molar-refractivity contribution in [2.45, 2.75) is 31.5 Å². The molecule has 2 atom stereocenters. The summed E-state index contributed by atoms with van der Waals surface area (Å²) >= 11 is 2.06. The van der Waals surface area contributed by atoms with Crippen LogP contribution in [0.3, 0.4) is 0 Å². The number of ether oxygens (including phenoxy) is 2. The van der Waals surface area contributed by atoms with Crippen LogP contribution >= 0.6 is 11.8 Å². The van der Waals surface area contributed by atoms with E-state index in [0.717, 1.165) is 13.0 Å². The topological polar surface area (TPSA) is 34.6 Å². The molecule has 2 aliphatic rings. The summed E-state index contributed by atoms with van der Waals surface area (Å²) in [5, 5.41) is 0. The third-order valence-electron chi connectivity index (χ3n) is 4.23. The van der Waals surface area contributed by atoms with E-state index in [1.807, 2.05) is 12.3 Å². The largest absolute Gasteiger partial charge is 0.481 e. The van der Waals surface area contributed by atoms with Gasteiger partial charge in [-0.05, 0) is 18.4 Å². The summed E-state index contributed by atoms with van der Waals surface area (Å²) in [6.45, 7) is 3.55. The maximum absolute atomic E-state index is 6.22. The van der Waals surface area contributed by atoms with E-state index >= 15 is 0 Å². The fourth-order valence-electron chi connectivity index (χ4n) is 3.05. The highest BCUT2D eigenvalue weighted by Gasteiger charge is 2.27. The predicted octanol–water partition coefficient (Wildman–Crippen LogP) is 2.23. The number of thioether (sulfide) groups is 1. The van der Waals surface area contributed by atoms with Gasteiger partial charge >= 0.3 is 0 Å². The van der Waals surface area contributed by atoms with Crippen molar-refractivity contribution >= 4 is 11.8 Å². The number of methoxy groups -OCH3 is 1. The van der Waals surface area contributed by atoms with Gasteiger partial charge in [0, 0.05) is 49.8 Å². The first-order chi connectivity index (χ1) is 10.3. The highest BCUT2D eigenvalue weighted by Crippen LogP contribution is 2.24. The first-order valence-electron chi connectivity index (χ1n) is 7.78. The van der Waals surface area contributed by atoms with E-state index in [1.54, 1.807) is 7.11 Å². The van der Waals surface area contributed by atoms with Crippen LogP contribution in [-0.4, -0.2) is 60.3 Å². The Morgan fingerprint density at radius 1 is 1.29 bits per heavy atom. The summed E-state index contributed by atoms with van der Waals surface area (Å²) in [5.41, 5.74) is 1.23. The van der Waals surface area contributed by atoms with Crippen molar-refractivity contribution in [3.8, 4) is 5.88 Å². The maximum Gasteiger partial charge on any atom is 0.212 e. The monoisotopic (exact) mass is 308 g/mol. The number of rotatable bonds is 5. The molecule has 3 heterocycles. The molecule has 116 valence electrons. The molecule has 1 aromatic rings. The summed E-state index contributed by atoms with van der Waals surface area (Å²) in [7, 11) is 1.64. The lowest BCUT2D eigenvalue weighted by Gasteiger charge is -2.28. The Balaban J connectivity index is 1.45. The van der Waals surface area contributed by atoms with E-state index in [0.29, 0.717) is 18.1 Å². The van der Waals surface area contributed by atoms with Crippen molar-refractivity contribution in [2.24, 2.45) is 0 Å². The van der Waals surface area contributed by atoms with Gasteiger partial charge < -0.3 is 9.47 Å². The molecule has 1 aromatic heterocycles. The lowest BCUT2D eigenvalue weighted by Crippen LogP contribution is -2.38. The summed E-state index contributed by atoms with van der Waals surface area (Å²) in [6.07, 6.45) is 5.99. The molecule has 2 fully saturated rings. The molecule has 2 saturated heterocycles. The summed E-state index contributed by atoms with van der Waals surface area (Å²) in [5.74, 6) is 3.22. The van der Waals surface area contributed by atoms with Crippen molar-refractivity contribution < 1.29 is 9.47 Å². The molecule has 0 aromatic carbocycles. The van der Waals surface area contributed by atoms with Gasteiger partial charge in [-0.3, -0.25) is 4.90 Å². The van der Waals surface area contributed by atoms with Crippen LogP contribution in [0, 0.1) is 0 Å². The summed E-state index contributed by atoms with van der Waals surface area (Å²) < 4.78 is 11.3. The Morgan fingerprint density at radius 2 is 2.10 bits per heavy atom. The Morgan fingerprint density at radius 3 is 2.81 bits per heavy atom. The van der Waals surface area contributed by atoms with Gasteiger partial charge in [-0.1, -0.05) is 6.07 Å². The predicted molar refractivity (Wildman–Crippen MR) is 86.2 cm³/mol. The molecular weight excluding hydrogens is 284 g/mol. The van der Waals surface area contributed by atoms with Crippen molar-refractivity contribution in [3.63, 3.8) is 0 Å². The summed E-state index contributed by atoms with van der Waals surface area (Å²) in [4.78, 5) is 6.82. The number of aromatic nitrogens is 1. The fraction of sp³-hybridized carbons (Fsp3) is 0.688. The molecule has 2 aliphatic heterocycles. The molecule has 0 saturated carbocycles. The molecule has 0 aliphatic carbocycles. The second kappa shape index (κ2) is 7.47. The SMILES string of the molecule is COc1ccc(C[C@@H]2CC[C@H](CN3CCSCC3)O2)cn1. The van der Waals surface area contributed by atoms with E-state index in [1.165, 1.54) is 43.0 Å². The Labute approximate surface area is 131 Å². The van der Waals surface area contributed by atoms with Crippen LogP contribution in [-0.2, 0) is 11.2 Å². The zero-order valence-corrected chi connectivity index (χ0v) is 13.5. The van der Waals surface area contributed by atoms with Crippen molar-refractivity contribution in [1.82, 2.24) is 9.88 Å². The third kappa shape index (κ3) is 4.34. The molecule has 4 nitrogen and oxygen atoms in total. The Bertz CT molecular complexity index is 434. The van der Waals surface area contributed by atoms with Crippen LogP contribution < -0.4 is 4.74 Å². The van der Waals surface area contributed by atoms with Crippen LogP contribution in [0.2, 0.25) is 0 Å². The normalized spacial score (nSPS) is 26.9. The number of nitrogens with zero attached hydrogens (tertiary/aromatic N) is 2. The average Bonchev–Trinajstić information content (AvgIpc) is 2.96. The van der Waals surface area contributed by atoms with Crippen LogP contribution in [0.5, 0.6) is 5.88 Å². The highest BCUT2D eigenvalue weighted by molar-refractivity contribution is 7.99. The van der Waals surface area contributed by atoms with Gasteiger partial charge in [-0.15, -0.1) is 0 Å². The van der Waals surface area contributed by atoms with E-state index in [-0.39, 0.29) is 0 Å². The van der Waals surface area contributed by atoms with Crippen LogP contribution in [0.4, 0.5) is 0 Å². The molecule has 0 bridgehead atoms. The molecule has 0 spiro atoms. The quantitative estimate of drug-likeness (QED) is 0.833. The van der Waals surface area contributed by atoms with Crippen molar-refractivity contribution in [1.29, 1.82) is 0 Å². The van der Waals surface area contributed by atoms with Gasteiger partial charge in [0.2, 0.25) is 5.88 Å². The van der Waals surface area contributed by atoms with Crippen molar-refractivity contribution in [2.75, 3.05) is 38.2 Å². The van der Waals surface area contributed by atoms with Crippen LogP contribution in [0.15, 0.2) is 18.3 Å². The van der Waals surface area contributed by atoms with Gasteiger partial charge in [0.15, 0.2) is 0 Å². The molecular formula is C16H24N2O2S. The summed E-state index contributed by atoms with van der Waals surface area (Å²) in [6, 6.07) is 4.01. The molecule has 5 heteroatoms. The number of hydrogen-bond acceptors (Lipinski definition) is 5. The number of hydrogen-bond donors (Lipinski definition) is 0. The Kier molecular flexibility index (Phi) is 5.38. The minimum absolute atomic E-state index is 0.351. The van der Waals surface area contributed by atoms with E-state index in [9.17, 15) is 0 Å². The molecule has 0 unspecified atom stereocenters. The van der Waals surface area contributed by atoms with Gasteiger partial charge in [-0.2, -0.15) is 11.8 Å². The lowest BCUT2D eigenvalue weighted by atomic mass is 10.1. The molecule has 3 rings (SSSR count). The first kappa shape index (κ1) is 15.1. The second-order valence-electron chi connectivity index (χ2n) is 5.78.